The first-order valence-electron chi connectivity index (χ1n) is 32.9. The van der Waals surface area contributed by atoms with Crippen LogP contribution in [0.15, 0.2) is 163 Å². The molecule has 2 aliphatic heterocycles. The van der Waals surface area contributed by atoms with Gasteiger partial charge in [-0.3, -0.25) is 19.4 Å². The molecule has 4 aromatic heterocycles. The van der Waals surface area contributed by atoms with E-state index in [9.17, 15) is 19.2 Å². The lowest BCUT2D eigenvalue weighted by Gasteiger charge is -2.43. The maximum Gasteiger partial charge on any atom is 0.407 e. The minimum atomic E-state index is -0.565. The molecule has 4 atom stereocenters. The van der Waals surface area contributed by atoms with E-state index in [-0.39, 0.29) is 60.9 Å². The molecule has 2 fully saturated rings. The van der Waals surface area contributed by atoms with E-state index in [1.54, 1.807) is 0 Å². The van der Waals surface area contributed by atoms with Gasteiger partial charge in [0.25, 0.3) is 0 Å². The van der Waals surface area contributed by atoms with Crippen LogP contribution in [0.1, 0.15) is 167 Å². The van der Waals surface area contributed by atoms with Gasteiger partial charge in [0, 0.05) is 48.1 Å². The van der Waals surface area contributed by atoms with E-state index in [4.69, 9.17) is 27.4 Å². The second-order valence-corrected chi connectivity index (χ2v) is 27.8. The molecule has 0 saturated carbocycles. The summed E-state index contributed by atoms with van der Waals surface area (Å²) in [6.45, 7) is 29.5. The van der Waals surface area contributed by atoms with Crippen molar-refractivity contribution in [1.82, 2.24) is 41.4 Å². The van der Waals surface area contributed by atoms with Gasteiger partial charge in [-0.2, -0.15) is 0 Å². The fraction of sp³-hybridized carbons (Fsp3) is 0.359. The Morgan fingerprint density at radius 3 is 1.20 bits per heavy atom. The first-order valence-corrected chi connectivity index (χ1v) is 32.9. The van der Waals surface area contributed by atoms with Gasteiger partial charge in [-0.05, 0) is 178 Å². The maximum atomic E-state index is 13.5. The molecule has 4 amide bonds. The summed E-state index contributed by atoms with van der Waals surface area (Å²) in [5.41, 5.74) is 14.4. The summed E-state index contributed by atoms with van der Waals surface area (Å²) in [7, 11) is 0. The van der Waals surface area contributed by atoms with Gasteiger partial charge in [0.1, 0.15) is 45.4 Å². The minimum absolute atomic E-state index is 0.0549. The van der Waals surface area contributed by atoms with Gasteiger partial charge < -0.3 is 48.6 Å². The number of aryl methyl sites for hydroxylation is 8. The Labute approximate surface area is 561 Å². The summed E-state index contributed by atoms with van der Waals surface area (Å²) >= 11 is 0. The van der Waals surface area contributed by atoms with Gasteiger partial charge in [-0.15, -0.1) is 0 Å². The summed E-state index contributed by atoms with van der Waals surface area (Å²) in [5.74, 6) is 2.80. The SMILES string of the molecule is Cc1ccc([C@@H](NC(=O)Cc2ccc3oc([C@@H](c4c(C)noc4C)N4CC(NC(=O)OC(C)(C)C)C4)cc3c2)c2ccccc2)c(C)c1.Cc1ccc([C@@H](NC(=O)Cc2ccc3oc([C@H](c4c(C)noc4C)N4CC(NC(=O)OC(C)(C)C)C4)cc3c2)c2ccccc2)c(C)c1. The van der Waals surface area contributed by atoms with E-state index < -0.39 is 23.4 Å². The quantitative estimate of drug-likeness (QED) is 0.0628. The van der Waals surface area contributed by atoms with Crippen LogP contribution in [0.4, 0.5) is 9.59 Å². The molecule has 0 aliphatic carbocycles. The summed E-state index contributed by atoms with van der Waals surface area (Å²) in [5, 5.41) is 22.8. The molecule has 500 valence electrons. The molecule has 96 heavy (non-hydrogen) atoms. The number of ether oxygens (including phenoxy) is 2. The lowest BCUT2D eigenvalue weighted by Crippen LogP contribution is -2.60. The Bertz CT molecular complexity index is 4100. The molecule has 0 radical (unpaired) electrons. The van der Waals surface area contributed by atoms with E-state index in [2.05, 4.69) is 105 Å². The van der Waals surface area contributed by atoms with Gasteiger partial charge >= 0.3 is 12.2 Å². The predicted molar refractivity (Wildman–Crippen MR) is 370 cm³/mol. The first-order chi connectivity index (χ1) is 45.7. The Morgan fingerprint density at radius 2 is 0.865 bits per heavy atom. The fourth-order valence-electron chi connectivity index (χ4n) is 13.1. The first kappa shape index (κ1) is 67.6. The van der Waals surface area contributed by atoms with Crippen LogP contribution in [-0.4, -0.2) is 93.6 Å². The van der Waals surface area contributed by atoms with Crippen molar-refractivity contribution in [3.8, 4) is 0 Å². The number of likely N-dealkylation sites (tertiary alicyclic amines) is 2. The van der Waals surface area contributed by atoms with Crippen LogP contribution in [0.25, 0.3) is 21.9 Å². The number of rotatable bonds is 18. The monoisotopic (exact) mass is 1300 g/mol. The second-order valence-electron chi connectivity index (χ2n) is 27.8. The van der Waals surface area contributed by atoms with Crippen LogP contribution >= 0.6 is 0 Å². The number of hydrogen-bond donors (Lipinski definition) is 4. The Balaban J connectivity index is 0.000000195. The van der Waals surface area contributed by atoms with Crippen molar-refractivity contribution in [2.24, 2.45) is 0 Å². The van der Waals surface area contributed by atoms with Crippen molar-refractivity contribution >= 4 is 45.9 Å². The van der Waals surface area contributed by atoms with Crippen LogP contribution < -0.4 is 21.3 Å². The highest BCUT2D eigenvalue weighted by Gasteiger charge is 2.42. The number of fused-ring (bicyclic) bond motifs is 2. The van der Waals surface area contributed by atoms with Gasteiger partial charge in [0.2, 0.25) is 11.8 Å². The van der Waals surface area contributed by atoms with Crippen molar-refractivity contribution in [3.63, 3.8) is 0 Å². The molecular weight excluding hydrogens is 1210 g/mol. The Hall–Kier alpha value is -9.78. The smallest absolute Gasteiger partial charge is 0.407 e. The van der Waals surface area contributed by atoms with Crippen molar-refractivity contribution in [2.75, 3.05) is 26.2 Å². The third-order valence-electron chi connectivity index (χ3n) is 17.5. The highest BCUT2D eigenvalue weighted by Crippen LogP contribution is 2.41. The highest BCUT2D eigenvalue weighted by atomic mass is 16.6. The van der Waals surface area contributed by atoms with Crippen LogP contribution in [0.2, 0.25) is 0 Å². The third-order valence-corrected chi connectivity index (χ3v) is 17.5. The van der Waals surface area contributed by atoms with Gasteiger partial charge in [0.15, 0.2) is 0 Å². The van der Waals surface area contributed by atoms with Crippen LogP contribution in [-0.2, 0) is 31.9 Å². The number of benzene rings is 6. The Kier molecular flexibility index (Phi) is 19.9. The molecular formula is C78H88N8O10. The molecule has 2 saturated heterocycles. The van der Waals surface area contributed by atoms with Crippen molar-refractivity contribution in [3.05, 3.63) is 247 Å². The van der Waals surface area contributed by atoms with E-state index in [1.807, 2.05) is 178 Å². The number of furan rings is 2. The lowest BCUT2D eigenvalue weighted by atomic mass is 9.93. The maximum absolute atomic E-state index is 13.5. The average Bonchev–Trinajstić information content (AvgIpc) is 1.59. The zero-order chi connectivity index (χ0) is 68.3. The average molecular weight is 1300 g/mol. The van der Waals surface area contributed by atoms with E-state index in [0.29, 0.717) is 26.2 Å². The van der Waals surface area contributed by atoms with E-state index in [1.165, 1.54) is 11.1 Å². The summed E-state index contributed by atoms with van der Waals surface area (Å²) in [6.07, 6.45) is -0.402. The number of carbonyl (C=O) groups is 4. The van der Waals surface area contributed by atoms with Gasteiger partial charge in [-0.1, -0.05) is 131 Å². The summed E-state index contributed by atoms with van der Waals surface area (Å²) < 4.78 is 34.9. The number of nitrogens with zero attached hydrogens (tertiary/aromatic N) is 4. The number of aromatic nitrogens is 2. The van der Waals surface area contributed by atoms with Crippen LogP contribution in [0.3, 0.4) is 0 Å². The molecule has 2 aliphatic rings. The van der Waals surface area contributed by atoms with Gasteiger partial charge in [-0.25, -0.2) is 9.59 Å². The molecule has 18 nitrogen and oxygen atoms in total. The minimum Gasteiger partial charge on any atom is -0.459 e. The topological polar surface area (TPSA) is 220 Å². The number of nitrogens with one attached hydrogen (secondary N) is 4. The van der Waals surface area contributed by atoms with Crippen LogP contribution in [0.5, 0.6) is 0 Å². The standard InChI is InChI=1S/2C39H44N4O5/c2*1-23-13-15-31(24(2)17-23)36(28-11-9-8-10-12-28)41-34(44)19-27-14-16-32-29(18-27)20-33(46-32)37(35-25(3)42-48-26(35)4)43-21-30(22-43)40-38(45)47-39(5,6)7/h2*8-18,20,30,36-37H,19,21-22H2,1-7H3,(H,40,45)(H,41,44)/t36-,37+;36-,37-/m00/s1. The van der Waals surface area contributed by atoms with E-state index in [0.717, 1.165) is 112 Å². The second kappa shape index (κ2) is 28.3. The van der Waals surface area contributed by atoms with E-state index >= 15 is 0 Å². The lowest BCUT2D eigenvalue weighted by molar-refractivity contribution is -0.121. The molecule has 0 unspecified atom stereocenters. The predicted octanol–water partition coefficient (Wildman–Crippen LogP) is 14.8. The largest absolute Gasteiger partial charge is 0.459 e. The molecule has 0 bridgehead atoms. The van der Waals surface area contributed by atoms with Gasteiger partial charge in [0.05, 0.1) is 60.5 Å². The Morgan fingerprint density at radius 1 is 0.490 bits per heavy atom. The van der Waals surface area contributed by atoms with Crippen LogP contribution in [0, 0.1) is 55.4 Å². The zero-order valence-corrected chi connectivity index (χ0v) is 57.4. The normalized spacial score (nSPS) is 15.1. The van der Waals surface area contributed by atoms with Crippen molar-refractivity contribution in [1.29, 1.82) is 0 Å². The zero-order valence-electron chi connectivity index (χ0n) is 57.4. The molecule has 12 rings (SSSR count). The molecule has 6 heterocycles. The molecule has 6 aromatic carbocycles. The molecule has 4 N–H and O–H groups in total. The molecule has 0 spiro atoms. The third kappa shape index (κ3) is 16.1. The molecule has 10 aromatic rings. The summed E-state index contributed by atoms with van der Waals surface area (Å²) in [4.78, 5) is 56.3. The molecule has 18 heteroatoms. The van der Waals surface area contributed by atoms with Crippen molar-refractivity contribution in [2.45, 2.75) is 157 Å². The summed E-state index contributed by atoms with van der Waals surface area (Å²) in [6, 6.07) is 47.5. The number of alkyl carbamates (subject to hydrolysis) is 2. The number of amides is 4. The fourth-order valence-corrected chi connectivity index (χ4v) is 13.1. The van der Waals surface area contributed by atoms with Crippen molar-refractivity contribution < 1.29 is 46.5 Å². The highest BCUT2D eigenvalue weighted by molar-refractivity contribution is 5.85. The number of carbonyl (C=O) groups excluding carboxylic acids is 4. The number of hydrogen-bond acceptors (Lipinski definition) is 14.